The number of nitrogens with two attached hydrogens (primary N) is 1. The van der Waals surface area contributed by atoms with E-state index in [1.165, 1.54) is 0 Å². The maximum absolute atomic E-state index is 13.1. The number of guanidine groups is 1. The molecule has 0 heterocycles. The van der Waals surface area contributed by atoms with Gasteiger partial charge in [0.05, 0.1) is 6.54 Å². The van der Waals surface area contributed by atoms with Crippen molar-refractivity contribution in [2.24, 2.45) is 10.7 Å². The lowest BCUT2D eigenvalue weighted by Crippen LogP contribution is -2.34. The van der Waals surface area contributed by atoms with E-state index < -0.39 is 17.5 Å². The fourth-order valence-electron chi connectivity index (χ4n) is 1.91. The van der Waals surface area contributed by atoms with E-state index in [9.17, 15) is 13.2 Å². The first-order chi connectivity index (χ1) is 9.02. The number of nitrogens with one attached hydrogen (secondary N) is 1. The molecule has 0 aromatic heterocycles. The van der Waals surface area contributed by atoms with Crippen molar-refractivity contribution in [2.45, 2.75) is 18.4 Å². The van der Waals surface area contributed by atoms with E-state index >= 15 is 0 Å². The minimum Gasteiger partial charge on any atom is -0.370 e. The van der Waals surface area contributed by atoms with Gasteiger partial charge in [-0.1, -0.05) is 6.08 Å². The zero-order chi connectivity index (χ0) is 14.0. The van der Waals surface area contributed by atoms with Gasteiger partial charge in [-0.05, 0) is 24.1 Å². The Kier molecular flexibility index (Phi) is 3.78. The van der Waals surface area contributed by atoms with Crippen molar-refractivity contribution in [1.29, 1.82) is 0 Å². The van der Waals surface area contributed by atoms with E-state index in [0.29, 0.717) is 18.5 Å². The Labute approximate surface area is 109 Å². The molecule has 1 aliphatic rings. The van der Waals surface area contributed by atoms with E-state index in [-0.39, 0.29) is 17.9 Å². The number of aliphatic imine (C=N–C) groups is 1. The Morgan fingerprint density at radius 1 is 1.42 bits per heavy atom. The minimum absolute atomic E-state index is 0.0298. The maximum Gasteiger partial charge on any atom is 0.194 e. The van der Waals surface area contributed by atoms with Crippen LogP contribution in [0.25, 0.3) is 0 Å². The third kappa shape index (κ3) is 3.07. The third-order valence-electron chi connectivity index (χ3n) is 2.95. The zero-order valence-electron chi connectivity index (χ0n) is 10.2. The summed E-state index contributed by atoms with van der Waals surface area (Å²) >= 11 is 0. The highest BCUT2D eigenvalue weighted by Gasteiger charge is 2.39. The SMILES string of the molecule is C=CCN=C(N)N[C@@H]1C[C@H]1c1cc(F)c(F)c(F)c1. The van der Waals surface area contributed by atoms with Gasteiger partial charge in [-0.2, -0.15) is 0 Å². The fourth-order valence-corrected chi connectivity index (χ4v) is 1.91. The number of nitrogens with zero attached hydrogens (tertiary/aromatic N) is 1. The molecule has 19 heavy (non-hydrogen) atoms. The lowest BCUT2D eigenvalue weighted by atomic mass is 10.1. The monoisotopic (exact) mass is 269 g/mol. The Balaban J connectivity index is 2.01. The van der Waals surface area contributed by atoms with Crippen LogP contribution in [0, 0.1) is 17.5 Å². The van der Waals surface area contributed by atoms with Gasteiger partial charge in [0.15, 0.2) is 23.4 Å². The van der Waals surface area contributed by atoms with Crippen LogP contribution in [0.3, 0.4) is 0 Å². The number of hydrogen-bond acceptors (Lipinski definition) is 1. The molecule has 2 rings (SSSR count). The van der Waals surface area contributed by atoms with Gasteiger partial charge in [0, 0.05) is 12.0 Å². The highest BCUT2D eigenvalue weighted by atomic mass is 19.2. The summed E-state index contributed by atoms with van der Waals surface area (Å²) < 4.78 is 39.0. The second kappa shape index (κ2) is 5.34. The van der Waals surface area contributed by atoms with E-state index in [2.05, 4.69) is 16.9 Å². The average Bonchev–Trinajstić information content (AvgIpc) is 3.12. The van der Waals surface area contributed by atoms with Crippen molar-refractivity contribution >= 4 is 5.96 Å². The third-order valence-corrected chi connectivity index (χ3v) is 2.95. The first-order valence-corrected chi connectivity index (χ1v) is 5.84. The summed E-state index contributed by atoms with van der Waals surface area (Å²) in [5.41, 5.74) is 6.03. The average molecular weight is 269 g/mol. The van der Waals surface area contributed by atoms with Gasteiger partial charge in [0.2, 0.25) is 0 Å². The molecule has 3 N–H and O–H groups in total. The van der Waals surface area contributed by atoms with Crippen molar-refractivity contribution in [3.05, 3.63) is 47.8 Å². The summed E-state index contributed by atoms with van der Waals surface area (Å²) in [5.74, 6) is -3.61. The first-order valence-electron chi connectivity index (χ1n) is 5.84. The molecule has 0 bridgehead atoms. The van der Waals surface area contributed by atoms with Crippen LogP contribution >= 0.6 is 0 Å². The van der Waals surface area contributed by atoms with E-state index in [1.54, 1.807) is 6.08 Å². The van der Waals surface area contributed by atoms with Crippen LogP contribution < -0.4 is 11.1 Å². The molecule has 0 radical (unpaired) electrons. The summed E-state index contributed by atoms with van der Waals surface area (Å²) in [5, 5.41) is 2.93. The standard InChI is InChI=1S/C13H14F3N3/c1-2-3-18-13(17)19-11-6-8(11)7-4-9(14)12(16)10(15)5-7/h2,4-5,8,11H,1,3,6H2,(H3,17,18,19)/t8-,11+/m0/s1. The van der Waals surface area contributed by atoms with Crippen LogP contribution in [-0.4, -0.2) is 18.5 Å². The summed E-state index contributed by atoms with van der Waals surface area (Å²) in [4.78, 5) is 3.96. The van der Waals surface area contributed by atoms with E-state index in [4.69, 9.17) is 5.73 Å². The van der Waals surface area contributed by atoms with Crippen LogP contribution in [0.15, 0.2) is 29.8 Å². The van der Waals surface area contributed by atoms with Crippen LogP contribution in [-0.2, 0) is 0 Å². The normalized spacial score (nSPS) is 22.2. The molecule has 2 atom stereocenters. The summed E-state index contributed by atoms with van der Waals surface area (Å²) in [7, 11) is 0. The number of rotatable bonds is 4. The Hall–Kier alpha value is -1.98. The van der Waals surface area contributed by atoms with Gasteiger partial charge >= 0.3 is 0 Å². The molecule has 1 fully saturated rings. The van der Waals surface area contributed by atoms with Crippen molar-refractivity contribution < 1.29 is 13.2 Å². The molecule has 6 heteroatoms. The topological polar surface area (TPSA) is 50.4 Å². The molecular weight excluding hydrogens is 255 g/mol. The summed E-state index contributed by atoms with van der Waals surface area (Å²) in [6.07, 6.45) is 2.28. The quantitative estimate of drug-likeness (QED) is 0.380. The fraction of sp³-hybridized carbons (Fsp3) is 0.308. The van der Waals surface area contributed by atoms with Gasteiger partial charge in [-0.15, -0.1) is 6.58 Å². The highest BCUT2D eigenvalue weighted by molar-refractivity contribution is 5.78. The largest absolute Gasteiger partial charge is 0.370 e. The molecule has 3 nitrogen and oxygen atoms in total. The van der Waals surface area contributed by atoms with Crippen LogP contribution in [0.4, 0.5) is 13.2 Å². The number of benzene rings is 1. The molecular formula is C13H14F3N3. The smallest absolute Gasteiger partial charge is 0.194 e. The molecule has 1 aromatic rings. The molecule has 0 spiro atoms. The lowest BCUT2D eigenvalue weighted by molar-refractivity contribution is 0.445. The second-order valence-corrected chi connectivity index (χ2v) is 4.41. The predicted molar refractivity (Wildman–Crippen MR) is 67.3 cm³/mol. The van der Waals surface area contributed by atoms with Crippen molar-refractivity contribution in [3.63, 3.8) is 0 Å². The van der Waals surface area contributed by atoms with Crippen LogP contribution in [0.2, 0.25) is 0 Å². The van der Waals surface area contributed by atoms with Gasteiger partial charge < -0.3 is 11.1 Å². The van der Waals surface area contributed by atoms with Crippen molar-refractivity contribution in [3.8, 4) is 0 Å². The van der Waals surface area contributed by atoms with E-state index in [0.717, 1.165) is 12.1 Å². The Morgan fingerprint density at radius 2 is 2.05 bits per heavy atom. The maximum atomic E-state index is 13.1. The first kappa shape index (κ1) is 13.5. The minimum atomic E-state index is -1.44. The van der Waals surface area contributed by atoms with Crippen LogP contribution in [0.1, 0.15) is 17.9 Å². The van der Waals surface area contributed by atoms with Gasteiger partial charge in [0.1, 0.15) is 0 Å². The molecule has 102 valence electrons. The van der Waals surface area contributed by atoms with Crippen molar-refractivity contribution in [1.82, 2.24) is 5.32 Å². The Morgan fingerprint density at radius 3 is 2.63 bits per heavy atom. The van der Waals surface area contributed by atoms with Crippen LogP contribution in [0.5, 0.6) is 0 Å². The van der Waals surface area contributed by atoms with Crippen molar-refractivity contribution in [2.75, 3.05) is 6.54 Å². The summed E-state index contributed by atoms with van der Waals surface area (Å²) in [6, 6.07) is 2.00. The lowest BCUT2D eigenvalue weighted by Gasteiger charge is -2.05. The summed E-state index contributed by atoms with van der Waals surface area (Å²) in [6.45, 7) is 3.91. The number of hydrogen-bond donors (Lipinski definition) is 2. The Bertz CT molecular complexity index is 505. The van der Waals surface area contributed by atoms with Gasteiger partial charge in [-0.25, -0.2) is 18.2 Å². The molecule has 0 aliphatic heterocycles. The van der Waals surface area contributed by atoms with E-state index in [1.807, 2.05) is 0 Å². The molecule has 0 amide bonds. The molecule has 0 unspecified atom stereocenters. The number of halogens is 3. The molecule has 0 saturated heterocycles. The van der Waals surface area contributed by atoms with Gasteiger partial charge in [0.25, 0.3) is 0 Å². The molecule has 1 aromatic carbocycles. The second-order valence-electron chi connectivity index (χ2n) is 4.41. The molecule has 1 aliphatic carbocycles. The predicted octanol–water partition coefficient (Wildman–Crippen LogP) is 2.05. The molecule has 1 saturated carbocycles. The van der Waals surface area contributed by atoms with Gasteiger partial charge in [-0.3, -0.25) is 0 Å². The zero-order valence-corrected chi connectivity index (χ0v) is 10.2. The highest BCUT2D eigenvalue weighted by Crippen LogP contribution is 2.41.